The second-order valence-electron chi connectivity index (χ2n) is 5.73. The molecule has 2 aromatic rings. The van der Waals surface area contributed by atoms with E-state index >= 15 is 0 Å². The van der Waals surface area contributed by atoms with Gasteiger partial charge < -0.3 is 4.52 Å². The lowest BCUT2D eigenvalue weighted by Gasteiger charge is -2.20. The highest BCUT2D eigenvalue weighted by Gasteiger charge is 2.17. The van der Waals surface area contributed by atoms with Crippen molar-refractivity contribution in [2.45, 2.75) is 32.9 Å². The molecule has 22 heavy (non-hydrogen) atoms. The highest BCUT2D eigenvalue weighted by atomic mass is 16.5. The topological polar surface area (TPSA) is 58.3 Å². The van der Waals surface area contributed by atoms with Gasteiger partial charge in [0.1, 0.15) is 0 Å². The highest BCUT2D eigenvalue weighted by molar-refractivity contribution is 5.08. The standard InChI is InChI=1S/C16H23N5O/c1-2-16-18-15(19-22-16)13-21-8-4-7-20(9-10-21)12-14-5-3-6-17-11-14/h3,5-6,11H,2,4,7-10,12-13H2,1H3. The summed E-state index contributed by atoms with van der Waals surface area (Å²) in [5, 5.41) is 4.05. The van der Waals surface area contributed by atoms with Crippen LogP contribution >= 0.6 is 0 Å². The van der Waals surface area contributed by atoms with E-state index in [1.165, 1.54) is 12.0 Å². The molecule has 3 heterocycles. The quantitative estimate of drug-likeness (QED) is 0.838. The summed E-state index contributed by atoms with van der Waals surface area (Å²) in [6.07, 6.45) is 5.74. The van der Waals surface area contributed by atoms with Crippen LogP contribution in [0, 0.1) is 0 Å². The fourth-order valence-electron chi connectivity index (χ4n) is 2.79. The monoisotopic (exact) mass is 301 g/mol. The van der Waals surface area contributed by atoms with E-state index in [-0.39, 0.29) is 0 Å². The predicted molar refractivity (Wildman–Crippen MR) is 83.1 cm³/mol. The van der Waals surface area contributed by atoms with Gasteiger partial charge in [-0.05, 0) is 31.1 Å². The Labute approximate surface area is 131 Å². The zero-order valence-corrected chi connectivity index (χ0v) is 13.1. The molecule has 0 aromatic carbocycles. The SMILES string of the molecule is CCc1nc(CN2CCCN(Cc3cccnc3)CC2)no1. The summed E-state index contributed by atoms with van der Waals surface area (Å²) >= 11 is 0. The van der Waals surface area contributed by atoms with Crippen LogP contribution < -0.4 is 0 Å². The fraction of sp³-hybridized carbons (Fsp3) is 0.562. The van der Waals surface area contributed by atoms with E-state index < -0.39 is 0 Å². The Morgan fingerprint density at radius 1 is 1.14 bits per heavy atom. The molecule has 6 heteroatoms. The lowest BCUT2D eigenvalue weighted by Crippen LogP contribution is -2.30. The Balaban J connectivity index is 1.51. The minimum absolute atomic E-state index is 0.725. The van der Waals surface area contributed by atoms with Crippen molar-refractivity contribution in [1.82, 2.24) is 24.9 Å². The minimum Gasteiger partial charge on any atom is -0.339 e. The summed E-state index contributed by atoms with van der Waals surface area (Å²) in [5.41, 5.74) is 1.28. The summed E-state index contributed by atoms with van der Waals surface area (Å²) in [5.74, 6) is 1.53. The number of nitrogens with zero attached hydrogens (tertiary/aromatic N) is 5. The van der Waals surface area contributed by atoms with Crippen molar-refractivity contribution in [1.29, 1.82) is 0 Å². The molecule has 0 radical (unpaired) electrons. The molecule has 0 unspecified atom stereocenters. The van der Waals surface area contributed by atoms with Gasteiger partial charge in [0.05, 0.1) is 6.54 Å². The summed E-state index contributed by atoms with van der Waals surface area (Å²) in [4.78, 5) is 13.5. The molecule has 1 fully saturated rings. The van der Waals surface area contributed by atoms with Crippen LogP contribution in [0.25, 0.3) is 0 Å². The molecule has 1 aliphatic rings. The maximum absolute atomic E-state index is 5.18. The van der Waals surface area contributed by atoms with E-state index in [0.29, 0.717) is 0 Å². The zero-order valence-electron chi connectivity index (χ0n) is 13.1. The number of aromatic nitrogens is 3. The maximum Gasteiger partial charge on any atom is 0.226 e. The van der Waals surface area contributed by atoms with Crippen LogP contribution in [0.15, 0.2) is 29.0 Å². The third-order valence-electron chi connectivity index (χ3n) is 3.99. The Bertz CT molecular complexity index is 571. The smallest absolute Gasteiger partial charge is 0.226 e. The van der Waals surface area contributed by atoms with Gasteiger partial charge >= 0.3 is 0 Å². The van der Waals surface area contributed by atoms with Gasteiger partial charge in [0, 0.05) is 38.4 Å². The maximum atomic E-state index is 5.18. The fourth-order valence-corrected chi connectivity index (χ4v) is 2.79. The van der Waals surface area contributed by atoms with Crippen molar-refractivity contribution < 1.29 is 4.52 Å². The molecule has 118 valence electrons. The van der Waals surface area contributed by atoms with Crippen molar-refractivity contribution in [3.63, 3.8) is 0 Å². The van der Waals surface area contributed by atoms with Crippen LogP contribution in [0.2, 0.25) is 0 Å². The summed E-state index contributed by atoms with van der Waals surface area (Å²) in [6.45, 7) is 8.09. The molecule has 2 aromatic heterocycles. The number of hydrogen-bond acceptors (Lipinski definition) is 6. The molecule has 1 saturated heterocycles. The first-order valence-electron chi connectivity index (χ1n) is 7.98. The third kappa shape index (κ3) is 4.11. The van der Waals surface area contributed by atoms with Gasteiger partial charge in [-0.25, -0.2) is 0 Å². The van der Waals surface area contributed by atoms with E-state index in [2.05, 4.69) is 31.0 Å². The van der Waals surface area contributed by atoms with E-state index in [1.807, 2.05) is 25.4 Å². The van der Waals surface area contributed by atoms with Gasteiger partial charge in [0.15, 0.2) is 5.82 Å². The Kier molecular flexibility index (Phi) is 5.13. The van der Waals surface area contributed by atoms with Crippen molar-refractivity contribution in [3.8, 4) is 0 Å². The van der Waals surface area contributed by atoms with E-state index in [1.54, 1.807) is 0 Å². The van der Waals surface area contributed by atoms with Gasteiger partial charge in [0.25, 0.3) is 0 Å². The first-order valence-corrected chi connectivity index (χ1v) is 7.98. The van der Waals surface area contributed by atoms with Gasteiger partial charge in [-0.2, -0.15) is 4.98 Å². The highest BCUT2D eigenvalue weighted by Crippen LogP contribution is 2.10. The number of hydrogen-bond donors (Lipinski definition) is 0. The van der Waals surface area contributed by atoms with Gasteiger partial charge in [0.2, 0.25) is 5.89 Å². The minimum atomic E-state index is 0.725. The van der Waals surface area contributed by atoms with E-state index in [4.69, 9.17) is 4.52 Å². The Morgan fingerprint density at radius 3 is 2.64 bits per heavy atom. The molecule has 0 bridgehead atoms. The largest absolute Gasteiger partial charge is 0.339 e. The van der Waals surface area contributed by atoms with Crippen molar-refractivity contribution in [2.75, 3.05) is 26.2 Å². The van der Waals surface area contributed by atoms with Crippen LogP contribution in [-0.2, 0) is 19.5 Å². The predicted octanol–water partition coefficient (Wildman–Crippen LogP) is 1.73. The zero-order chi connectivity index (χ0) is 15.2. The van der Waals surface area contributed by atoms with Crippen LogP contribution in [0.1, 0.15) is 30.6 Å². The van der Waals surface area contributed by atoms with Crippen molar-refractivity contribution >= 4 is 0 Å². The van der Waals surface area contributed by atoms with Gasteiger partial charge in [-0.1, -0.05) is 18.1 Å². The lowest BCUT2D eigenvalue weighted by atomic mass is 10.2. The van der Waals surface area contributed by atoms with E-state index in [9.17, 15) is 0 Å². The Hall–Kier alpha value is -1.79. The van der Waals surface area contributed by atoms with Crippen molar-refractivity contribution in [3.05, 3.63) is 41.8 Å². The first-order chi connectivity index (χ1) is 10.8. The number of pyridine rings is 1. The third-order valence-corrected chi connectivity index (χ3v) is 3.99. The second-order valence-corrected chi connectivity index (χ2v) is 5.73. The van der Waals surface area contributed by atoms with Crippen LogP contribution in [0.4, 0.5) is 0 Å². The molecule has 0 spiro atoms. The molecule has 3 rings (SSSR count). The van der Waals surface area contributed by atoms with Crippen molar-refractivity contribution in [2.24, 2.45) is 0 Å². The average molecular weight is 301 g/mol. The molecule has 0 amide bonds. The molecule has 0 N–H and O–H groups in total. The van der Waals surface area contributed by atoms with Gasteiger partial charge in [-0.15, -0.1) is 0 Å². The number of rotatable bonds is 5. The molecule has 0 atom stereocenters. The van der Waals surface area contributed by atoms with Gasteiger partial charge in [-0.3, -0.25) is 14.8 Å². The van der Waals surface area contributed by atoms with Crippen LogP contribution in [0.3, 0.4) is 0 Å². The number of aryl methyl sites for hydroxylation is 1. The normalized spacial score (nSPS) is 17.5. The summed E-state index contributed by atoms with van der Waals surface area (Å²) in [6, 6.07) is 4.14. The van der Waals surface area contributed by atoms with Crippen LogP contribution in [-0.4, -0.2) is 51.1 Å². The first kappa shape index (κ1) is 15.1. The van der Waals surface area contributed by atoms with E-state index in [0.717, 1.165) is 57.4 Å². The van der Waals surface area contributed by atoms with Crippen LogP contribution in [0.5, 0.6) is 0 Å². The summed E-state index contributed by atoms with van der Waals surface area (Å²) in [7, 11) is 0. The lowest BCUT2D eigenvalue weighted by molar-refractivity contribution is 0.241. The molecular formula is C16H23N5O. The average Bonchev–Trinajstić information content (AvgIpc) is 2.89. The molecule has 0 saturated carbocycles. The molecular weight excluding hydrogens is 278 g/mol. The Morgan fingerprint density at radius 2 is 1.95 bits per heavy atom. The molecule has 0 aliphatic carbocycles. The second kappa shape index (κ2) is 7.47. The summed E-state index contributed by atoms with van der Waals surface area (Å²) < 4.78 is 5.18. The molecule has 1 aliphatic heterocycles. The molecule has 6 nitrogen and oxygen atoms in total.